The zero-order valence-electron chi connectivity index (χ0n) is 13.5. The molecule has 0 unspecified atom stereocenters. The zero-order valence-corrected chi connectivity index (χ0v) is 16.5. The van der Waals surface area contributed by atoms with E-state index in [1.165, 1.54) is 26.5 Å². The Labute approximate surface area is 168 Å². The number of methoxy groups -OCH3 is 2. The number of fused-ring (bicyclic) bond motifs is 5. The van der Waals surface area contributed by atoms with Crippen LogP contribution in [0.15, 0.2) is 34.5 Å². The number of hydrogen-bond acceptors (Lipinski definition) is 5. The standard InChI is InChI=1S/C16H12Cl4N2O4/c1-25-16(26-2)14(19)8-9(15(16,20)11(18)10(14)17)13(24)22(12(8)23)7-5-3-4-6-21-7/h3-6,8-9H,1-2H3/t8-,9-,14-,15-/m0/s1. The molecule has 1 saturated heterocycles. The Morgan fingerprint density at radius 1 is 1.00 bits per heavy atom. The Morgan fingerprint density at radius 3 is 1.88 bits per heavy atom. The fourth-order valence-electron chi connectivity index (χ4n) is 4.42. The fourth-order valence-corrected chi connectivity index (χ4v) is 6.58. The minimum absolute atomic E-state index is 0.0650. The number of halogens is 4. The lowest BCUT2D eigenvalue weighted by Crippen LogP contribution is -2.60. The summed E-state index contributed by atoms with van der Waals surface area (Å²) in [5.41, 5.74) is 0. The first kappa shape index (κ1) is 18.5. The largest absolute Gasteiger partial charge is 0.350 e. The predicted molar refractivity (Wildman–Crippen MR) is 96.4 cm³/mol. The average molecular weight is 438 g/mol. The highest BCUT2D eigenvalue weighted by Crippen LogP contribution is 2.75. The maximum absolute atomic E-state index is 13.2. The van der Waals surface area contributed by atoms with Gasteiger partial charge in [0.25, 0.3) is 0 Å². The van der Waals surface area contributed by atoms with Crippen molar-refractivity contribution < 1.29 is 19.1 Å². The quantitative estimate of drug-likeness (QED) is 0.413. The van der Waals surface area contributed by atoms with Crippen LogP contribution in [-0.4, -0.2) is 46.6 Å². The van der Waals surface area contributed by atoms with Crippen LogP contribution in [0, 0.1) is 11.8 Å². The molecule has 0 N–H and O–H groups in total. The van der Waals surface area contributed by atoms with Crippen LogP contribution in [0.3, 0.4) is 0 Å². The lowest BCUT2D eigenvalue weighted by atomic mass is 9.84. The molecule has 26 heavy (non-hydrogen) atoms. The van der Waals surface area contributed by atoms with Crippen LogP contribution >= 0.6 is 46.4 Å². The molecule has 2 fully saturated rings. The number of pyridine rings is 1. The van der Waals surface area contributed by atoms with Crippen molar-refractivity contribution >= 4 is 64.0 Å². The molecule has 0 radical (unpaired) electrons. The van der Waals surface area contributed by atoms with Gasteiger partial charge in [-0.05, 0) is 12.1 Å². The van der Waals surface area contributed by atoms with E-state index >= 15 is 0 Å². The van der Waals surface area contributed by atoms with Crippen molar-refractivity contribution in [2.45, 2.75) is 15.5 Å². The van der Waals surface area contributed by atoms with Gasteiger partial charge in [-0.15, -0.1) is 23.2 Å². The van der Waals surface area contributed by atoms with Crippen molar-refractivity contribution in [3.05, 3.63) is 34.5 Å². The SMILES string of the molecule is COC1(OC)[C@@]2(Cl)C(Cl)=C(Cl)[C@@]1(Cl)[C@@H]1C(=O)N(c3ccccn3)C(=O)[C@H]12. The van der Waals surface area contributed by atoms with Gasteiger partial charge in [-0.25, -0.2) is 9.88 Å². The summed E-state index contributed by atoms with van der Waals surface area (Å²) in [6, 6.07) is 4.86. The number of anilines is 1. The Morgan fingerprint density at radius 2 is 1.50 bits per heavy atom. The second-order valence-corrected chi connectivity index (χ2v) is 8.18. The Balaban J connectivity index is 1.95. The summed E-state index contributed by atoms with van der Waals surface area (Å²) < 4.78 is 11.0. The first-order chi connectivity index (χ1) is 12.2. The van der Waals surface area contributed by atoms with E-state index in [0.717, 1.165) is 4.90 Å². The number of ether oxygens (including phenoxy) is 2. The summed E-state index contributed by atoms with van der Waals surface area (Å²) >= 11 is 26.4. The first-order valence-corrected chi connectivity index (χ1v) is 9.08. The van der Waals surface area contributed by atoms with E-state index in [1.54, 1.807) is 12.1 Å². The normalized spacial score (nSPS) is 37.7. The second kappa shape index (κ2) is 5.56. The third-order valence-corrected chi connectivity index (χ3v) is 8.02. The highest BCUT2D eigenvalue weighted by atomic mass is 35.5. The Hall–Kier alpha value is -0.890. The van der Waals surface area contributed by atoms with Gasteiger partial charge >= 0.3 is 0 Å². The lowest BCUT2D eigenvalue weighted by molar-refractivity contribution is -0.221. The molecule has 2 bridgehead atoms. The van der Waals surface area contributed by atoms with Crippen molar-refractivity contribution in [1.29, 1.82) is 0 Å². The number of amides is 2. The van der Waals surface area contributed by atoms with Crippen LogP contribution in [0.2, 0.25) is 0 Å². The van der Waals surface area contributed by atoms with Gasteiger partial charge in [-0.1, -0.05) is 29.3 Å². The molecular formula is C16H12Cl4N2O4. The smallest absolute Gasteiger partial charge is 0.241 e. The molecule has 10 heteroatoms. The number of carbonyl (C=O) groups excluding carboxylic acids is 2. The number of nitrogens with zero attached hydrogens (tertiary/aromatic N) is 2. The molecule has 4 atom stereocenters. The average Bonchev–Trinajstić information content (AvgIpc) is 3.06. The van der Waals surface area contributed by atoms with Gasteiger partial charge in [-0.3, -0.25) is 9.59 Å². The van der Waals surface area contributed by atoms with E-state index in [0.29, 0.717) is 0 Å². The van der Waals surface area contributed by atoms with E-state index < -0.39 is 39.2 Å². The summed E-state index contributed by atoms with van der Waals surface area (Å²) in [7, 11) is 2.62. The van der Waals surface area contributed by atoms with E-state index in [-0.39, 0.29) is 15.9 Å². The topological polar surface area (TPSA) is 68.7 Å². The molecule has 1 saturated carbocycles. The van der Waals surface area contributed by atoms with Crippen LogP contribution < -0.4 is 4.90 Å². The zero-order chi connectivity index (χ0) is 19.1. The molecule has 0 aromatic carbocycles. The van der Waals surface area contributed by atoms with Gasteiger partial charge in [0.15, 0.2) is 0 Å². The van der Waals surface area contributed by atoms with Gasteiger partial charge in [0.05, 0.1) is 21.9 Å². The molecule has 3 aliphatic rings. The number of hydrogen-bond donors (Lipinski definition) is 0. The van der Waals surface area contributed by atoms with Crippen LogP contribution in [0.1, 0.15) is 0 Å². The van der Waals surface area contributed by atoms with Gasteiger partial charge in [0.1, 0.15) is 15.6 Å². The van der Waals surface area contributed by atoms with Gasteiger partial charge in [-0.2, -0.15) is 0 Å². The van der Waals surface area contributed by atoms with E-state index in [4.69, 9.17) is 55.9 Å². The number of imide groups is 1. The molecule has 1 aliphatic heterocycles. The highest BCUT2D eigenvalue weighted by Gasteiger charge is 2.89. The van der Waals surface area contributed by atoms with Crippen molar-refractivity contribution in [1.82, 2.24) is 4.98 Å². The molecule has 4 rings (SSSR count). The number of alkyl halides is 2. The van der Waals surface area contributed by atoms with Crippen molar-refractivity contribution in [2.75, 3.05) is 19.1 Å². The van der Waals surface area contributed by atoms with Gasteiger partial charge < -0.3 is 9.47 Å². The van der Waals surface area contributed by atoms with Crippen LogP contribution in [0.4, 0.5) is 5.82 Å². The summed E-state index contributed by atoms with van der Waals surface area (Å²) in [6.45, 7) is 0. The number of aromatic nitrogens is 1. The molecule has 6 nitrogen and oxygen atoms in total. The van der Waals surface area contributed by atoms with E-state index in [9.17, 15) is 9.59 Å². The Bertz CT molecular complexity index is 813. The molecule has 138 valence electrons. The summed E-state index contributed by atoms with van der Waals surface area (Å²) in [5, 5.41) is -0.130. The second-order valence-electron chi connectivity index (χ2n) is 6.23. The third-order valence-electron chi connectivity index (χ3n) is 5.41. The van der Waals surface area contributed by atoms with Gasteiger partial charge in [0.2, 0.25) is 17.6 Å². The summed E-state index contributed by atoms with van der Waals surface area (Å²) in [4.78, 5) is 27.9. The van der Waals surface area contributed by atoms with Crippen LogP contribution in [0.25, 0.3) is 0 Å². The number of rotatable bonds is 3. The van der Waals surface area contributed by atoms with E-state index in [2.05, 4.69) is 4.98 Å². The highest BCUT2D eigenvalue weighted by molar-refractivity contribution is 6.54. The van der Waals surface area contributed by atoms with Crippen LogP contribution in [-0.2, 0) is 19.1 Å². The van der Waals surface area contributed by atoms with Crippen molar-refractivity contribution in [2.24, 2.45) is 11.8 Å². The molecule has 2 aliphatic carbocycles. The minimum atomic E-state index is -1.78. The molecular weight excluding hydrogens is 426 g/mol. The van der Waals surface area contributed by atoms with Crippen molar-refractivity contribution in [3.63, 3.8) is 0 Å². The van der Waals surface area contributed by atoms with Gasteiger partial charge in [0, 0.05) is 20.4 Å². The third kappa shape index (κ3) is 1.64. The maximum Gasteiger partial charge on any atom is 0.241 e. The molecule has 1 aromatic rings. The molecule has 2 amide bonds. The minimum Gasteiger partial charge on any atom is -0.350 e. The molecule has 0 spiro atoms. The summed E-state index contributed by atoms with van der Waals surface area (Å²) in [5.74, 6) is -5.02. The lowest BCUT2D eigenvalue weighted by Gasteiger charge is -2.42. The first-order valence-electron chi connectivity index (χ1n) is 7.57. The monoisotopic (exact) mass is 436 g/mol. The van der Waals surface area contributed by atoms with Crippen LogP contribution in [0.5, 0.6) is 0 Å². The molecule has 1 aromatic heterocycles. The predicted octanol–water partition coefficient (Wildman–Crippen LogP) is 2.85. The molecule has 2 heterocycles. The van der Waals surface area contributed by atoms with E-state index in [1.807, 2.05) is 0 Å². The fraction of sp³-hybridized carbons (Fsp3) is 0.438. The number of carbonyl (C=O) groups is 2. The summed E-state index contributed by atoms with van der Waals surface area (Å²) in [6.07, 6.45) is 1.47. The van der Waals surface area contributed by atoms with Crippen molar-refractivity contribution in [3.8, 4) is 0 Å². The maximum atomic E-state index is 13.2. The Kier molecular flexibility index (Phi) is 3.95.